The van der Waals surface area contributed by atoms with Crippen molar-refractivity contribution in [2.75, 3.05) is 20.1 Å². The zero-order chi connectivity index (χ0) is 23.4. The van der Waals surface area contributed by atoms with Crippen LogP contribution in [0.1, 0.15) is 50.7 Å². The molecular weight excluding hydrogens is 409 g/mol. The van der Waals surface area contributed by atoms with Crippen LogP contribution in [-0.4, -0.2) is 61.9 Å². The maximum absolute atomic E-state index is 13.4. The Kier molecular flexibility index (Phi) is 5.07. The first-order chi connectivity index (χ1) is 14.9. The molecule has 0 atom stereocenters. The van der Waals surface area contributed by atoms with Gasteiger partial charge in [0.2, 0.25) is 5.91 Å². The number of carbonyl (C=O) groups excluding carboxylic acids is 2. The van der Waals surface area contributed by atoms with Crippen LogP contribution < -0.4 is 0 Å². The van der Waals surface area contributed by atoms with Crippen molar-refractivity contribution in [3.05, 3.63) is 53.6 Å². The minimum Gasteiger partial charge on any atom is -0.342 e. The normalized spacial score (nSPS) is 16.7. The van der Waals surface area contributed by atoms with Gasteiger partial charge in [-0.25, -0.2) is 13.9 Å². The molecule has 1 aromatic carbocycles. The zero-order valence-electron chi connectivity index (χ0n) is 19.3. The van der Waals surface area contributed by atoms with Crippen LogP contribution in [-0.2, 0) is 10.2 Å². The minimum atomic E-state index is -0.959. The predicted octanol–water partition coefficient (Wildman–Crippen LogP) is 3.53. The summed E-state index contributed by atoms with van der Waals surface area (Å²) in [7, 11) is 1.74. The van der Waals surface area contributed by atoms with Gasteiger partial charge < -0.3 is 9.80 Å². The molecule has 0 N–H and O–H groups in total. The number of amides is 2. The molecule has 3 aromatic rings. The molecule has 1 fully saturated rings. The highest BCUT2D eigenvalue weighted by molar-refractivity contribution is 5.99. The summed E-state index contributed by atoms with van der Waals surface area (Å²) >= 11 is 0. The van der Waals surface area contributed by atoms with Crippen LogP contribution in [0.15, 0.2) is 36.5 Å². The number of rotatable bonds is 2. The van der Waals surface area contributed by atoms with E-state index in [1.807, 2.05) is 6.07 Å². The van der Waals surface area contributed by atoms with Crippen LogP contribution >= 0.6 is 0 Å². The van der Waals surface area contributed by atoms with Gasteiger partial charge in [-0.3, -0.25) is 9.59 Å². The van der Waals surface area contributed by atoms with Crippen LogP contribution in [0.5, 0.6) is 0 Å². The topological polar surface area (TPSA) is 70.8 Å². The lowest BCUT2D eigenvalue weighted by Crippen LogP contribution is -2.63. The van der Waals surface area contributed by atoms with Crippen LogP contribution in [0.3, 0.4) is 0 Å². The molecule has 1 aliphatic heterocycles. The largest absolute Gasteiger partial charge is 0.342 e. The second-order valence-electron chi connectivity index (χ2n) is 9.84. The van der Waals surface area contributed by atoms with Gasteiger partial charge in [-0.1, -0.05) is 20.8 Å². The van der Waals surface area contributed by atoms with Gasteiger partial charge in [0, 0.05) is 31.3 Å². The van der Waals surface area contributed by atoms with Gasteiger partial charge in [0.25, 0.3) is 5.91 Å². The molecule has 1 saturated heterocycles. The molecule has 0 saturated carbocycles. The minimum absolute atomic E-state index is 0.104. The molecule has 0 aliphatic carbocycles. The fraction of sp³-hybridized carbons (Fsp3) is 0.417. The fourth-order valence-electron chi connectivity index (χ4n) is 4.10. The van der Waals surface area contributed by atoms with E-state index < -0.39 is 5.54 Å². The van der Waals surface area contributed by atoms with Crippen molar-refractivity contribution in [3.63, 3.8) is 0 Å². The Morgan fingerprint density at radius 2 is 1.78 bits per heavy atom. The van der Waals surface area contributed by atoms with Crippen LogP contribution in [0, 0.1) is 5.82 Å². The summed E-state index contributed by atoms with van der Waals surface area (Å²) in [5.74, 6) is -0.719. The lowest BCUT2D eigenvalue weighted by molar-refractivity contribution is -0.144. The number of imidazole rings is 1. The molecule has 3 heterocycles. The Balaban J connectivity index is 1.82. The molecular formula is C24H28FN5O2. The maximum Gasteiger partial charge on any atom is 0.275 e. The Hall–Kier alpha value is -3.29. The van der Waals surface area contributed by atoms with Crippen molar-refractivity contribution in [1.29, 1.82) is 0 Å². The summed E-state index contributed by atoms with van der Waals surface area (Å²) in [6.07, 6.45) is 1.61. The number of hydrogen-bond acceptors (Lipinski definition) is 4. The molecule has 2 aromatic heterocycles. The third-order valence-corrected chi connectivity index (χ3v) is 6.04. The maximum atomic E-state index is 13.4. The number of fused-ring (bicyclic) bond motifs is 1. The summed E-state index contributed by atoms with van der Waals surface area (Å²) < 4.78 is 15.0. The van der Waals surface area contributed by atoms with Crippen molar-refractivity contribution in [2.45, 2.75) is 45.6 Å². The van der Waals surface area contributed by atoms with E-state index >= 15 is 0 Å². The van der Waals surface area contributed by atoms with Gasteiger partial charge in [0.1, 0.15) is 17.1 Å². The van der Waals surface area contributed by atoms with Crippen molar-refractivity contribution >= 4 is 17.5 Å². The second kappa shape index (κ2) is 7.39. The van der Waals surface area contributed by atoms with E-state index in [1.165, 1.54) is 12.1 Å². The first kappa shape index (κ1) is 21.9. The lowest BCUT2D eigenvalue weighted by Gasteiger charge is -2.44. The Labute approximate surface area is 186 Å². The van der Waals surface area contributed by atoms with E-state index in [1.54, 1.807) is 53.5 Å². The molecule has 0 radical (unpaired) electrons. The van der Waals surface area contributed by atoms with E-state index in [-0.39, 0.29) is 28.7 Å². The third kappa shape index (κ3) is 3.63. The molecule has 4 rings (SSSR count). The average molecular weight is 438 g/mol. The second-order valence-corrected chi connectivity index (χ2v) is 9.84. The average Bonchev–Trinajstić information content (AvgIpc) is 3.15. The van der Waals surface area contributed by atoms with Gasteiger partial charge in [-0.2, -0.15) is 5.10 Å². The standard InChI is InChI=1S/C24H28FN5O2/c1-23(2,3)17-13-18(15-7-9-16(25)10-8-15)27-30-14-19(26-20(17)30)21(31)29-12-11-28(6)22(32)24(29,4)5/h7-10,13-14H,11-12H2,1-6H3. The fourth-order valence-corrected chi connectivity index (χ4v) is 4.10. The Morgan fingerprint density at radius 3 is 2.41 bits per heavy atom. The molecule has 32 heavy (non-hydrogen) atoms. The molecule has 0 bridgehead atoms. The molecule has 0 unspecified atom stereocenters. The highest BCUT2D eigenvalue weighted by Crippen LogP contribution is 2.31. The zero-order valence-corrected chi connectivity index (χ0v) is 19.3. The number of nitrogens with zero attached hydrogens (tertiary/aromatic N) is 5. The molecule has 8 heteroatoms. The molecule has 7 nitrogen and oxygen atoms in total. The number of hydrogen-bond donors (Lipinski definition) is 0. The van der Waals surface area contributed by atoms with E-state index in [0.717, 1.165) is 11.1 Å². The predicted molar refractivity (Wildman–Crippen MR) is 120 cm³/mol. The summed E-state index contributed by atoms with van der Waals surface area (Å²) in [6.45, 7) is 10.6. The Bertz CT molecular complexity index is 1210. The monoisotopic (exact) mass is 437 g/mol. The Morgan fingerprint density at radius 1 is 1.12 bits per heavy atom. The number of piperazine rings is 1. The molecule has 168 valence electrons. The molecule has 2 amide bonds. The van der Waals surface area contributed by atoms with E-state index in [9.17, 15) is 14.0 Å². The van der Waals surface area contributed by atoms with Crippen molar-refractivity contribution in [2.24, 2.45) is 0 Å². The number of aromatic nitrogens is 3. The first-order valence-corrected chi connectivity index (χ1v) is 10.6. The van der Waals surface area contributed by atoms with Gasteiger partial charge in [-0.05, 0) is 49.6 Å². The van der Waals surface area contributed by atoms with E-state index in [0.29, 0.717) is 24.4 Å². The lowest BCUT2D eigenvalue weighted by atomic mass is 9.87. The van der Waals surface area contributed by atoms with Crippen LogP contribution in [0.2, 0.25) is 0 Å². The number of halogens is 1. The van der Waals surface area contributed by atoms with Crippen LogP contribution in [0.25, 0.3) is 16.9 Å². The van der Waals surface area contributed by atoms with Crippen molar-refractivity contribution in [3.8, 4) is 11.3 Å². The van der Waals surface area contributed by atoms with Crippen molar-refractivity contribution < 1.29 is 14.0 Å². The van der Waals surface area contributed by atoms with Gasteiger partial charge in [0.05, 0.1) is 11.9 Å². The van der Waals surface area contributed by atoms with E-state index in [2.05, 4.69) is 30.9 Å². The third-order valence-electron chi connectivity index (χ3n) is 6.04. The summed E-state index contributed by atoms with van der Waals surface area (Å²) in [4.78, 5) is 33.9. The van der Waals surface area contributed by atoms with Gasteiger partial charge in [-0.15, -0.1) is 0 Å². The molecule has 1 aliphatic rings. The summed E-state index contributed by atoms with van der Waals surface area (Å²) in [5.41, 5.74) is 1.95. The van der Waals surface area contributed by atoms with Gasteiger partial charge >= 0.3 is 0 Å². The summed E-state index contributed by atoms with van der Waals surface area (Å²) in [6, 6.07) is 8.09. The first-order valence-electron chi connectivity index (χ1n) is 10.6. The quantitative estimate of drug-likeness (QED) is 0.615. The SMILES string of the molecule is CN1CCN(C(=O)c2cn3nc(-c4ccc(F)cc4)cc(C(C)(C)C)c3n2)C(C)(C)C1=O. The number of likely N-dealkylation sites (N-methyl/N-ethyl adjacent to an activating group) is 1. The van der Waals surface area contributed by atoms with Crippen molar-refractivity contribution in [1.82, 2.24) is 24.4 Å². The molecule has 0 spiro atoms. The highest BCUT2D eigenvalue weighted by Gasteiger charge is 2.43. The van der Waals surface area contributed by atoms with E-state index in [4.69, 9.17) is 0 Å². The number of carbonyl (C=O) groups is 2. The van der Waals surface area contributed by atoms with Crippen LogP contribution in [0.4, 0.5) is 4.39 Å². The highest BCUT2D eigenvalue weighted by atomic mass is 19.1. The summed E-state index contributed by atoms with van der Waals surface area (Å²) in [5, 5.41) is 4.65. The van der Waals surface area contributed by atoms with Gasteiger partial charge in [0.15, 0.2) is 5.65 Å². The smallest absolute Gasteiger partial charge is 0.275 e. The number of benzene rings is 1.